The van der Waals surface area contributed by atoms with E-state index >= 15 is 0 Å². The van der Waals surface area contributed by atoms with Crippen molar-refractivity contribution in [3.63, 3.8) is 0 Å². The third-order valence-corrected chi connectivity index (χ3v) is 7.69. The first-order chi connectivity index (χ1) is 15.3. The highest BCUT2D eigenvalue weighted by Gasteiger charge is 2.66. The molecule has 3 aromatic heterocycles. The summed E-state index contributed by atoms with van der Waals surface area (Å²) < 4.78 is 0. The molecule has 2 fully saturated rings. The molecule has 3 aliphatic rings. The largest absolute Gasteiger partial charge is 0.478 e. The fraction of sp³-hybridized carbons (Fsp3) is 0.400. The Labute approximate surface area is 186 Å². The number of rotatable bonds is 5. The summed E-state index contributed by atoms with van der Waals surface area (Å²) in [6.07, 6.45) is 9.10. The minimum Gasteiger partial charge on any atom is -0.478 e. The van der Waals surface area contributed by atoms with Crippen molar-refractivity contribution in [2.75, 3.05) is 19.0 Å². The van der Waals surface area contributed by atoms with Gasteiger partial charge in [0.1, 0.15) is 5.82 Å². The molecule has 0 bridgehead atoms. The van der Waals surface area contributed by atoms with Crippen molar-refractivity contribution in [1.82, 2.24) is 15.0 Å². The van der Waals surface area contributed by atoms with Crippen LogP contribution >= 0.6 is 0 Å². The molecule has 7 nitrogen and oxygen atoms in total. The molecule has 0 aromatic carbocycles. The predicted octanol–water partition coefficient (Wildman–Crippen LogP) is 3.52. The lowest BCUT2D eigenvalue weighted by molar-refractivity contribution is 0.0693. The summed E-state index contributed by atoms with van der Waals surface area (Å²) in [5.41, 5.74) is 13.3. The van der Waals surface area contributed by atoms with Crippen LogP contribution < -0.4 is 10.6 Å². The minimum atomic E-state index is -0.853. The van der Waals surface area contributed by atoms with Gasteiger partial charge in [0, 0.05) is 54.3 Å². The fourth-order valence-corrected chi connectivity index (χ4v) is 5.48. The molecular weight excluding hydrogens is 402 g/mol. The molecule has 0 radical (unpaired) electrons. The van der Waals surface area contributed by atoms with Crippen molar-refractivity contribution >= 4 is 11.8 Å². The Morgan fingerprint density at radius 2 is 1.91 bits per heavy atom. The van der Waals surface area contributed by atoms with Gasteiger partial charge in [0.15, 0.2) is 0 Å². The number of nitrogens with zero attached hydrogens (tertiary/aromatic N) is 3. The van der Waals surface area contributed by atoms with Gasteiger partial charge in [-0.05, 0) is 67.9 Å². The summed E-state index contributed by atoms with van der Waals surface area (Å²) in [4.78, 5) is 27.1. The van der Waals surface area contributed by atoms with Gasteiger partial charge >= 0.3 is 5.97 Å². The van der Waals surface area contributed by atoms with Crippen LogP contribution in [0.1, 0.15) is 52.9 Å². The van der Waals surface area contributed by atoms with E-state index in [0.717, 1.165) is 77.3 Å². The molecule has 32 heavy (non-hydrogen) atoms. The van der Waals surface area contributed by atoms with Gasteiger partial charge < -0.3 is 20.7 Å². The quantitative estimate of drug-likeness (QED) is 0.573. The summed E-state index contributed by atoms with van der Waals surface area (Å²) in [6.45, 7) is 0. The molecule has 3 aliphatic carbocycles. The number of aryl methyl sites for hydroxylation is 1. The molecule has 2 saturated carbocycles. The first-order valence-electron chi connectivity index (χ1n) is 11.2. The number of anilines is 1. The predicted molar refractivity (Wildman–Crippen MR) is 123 cm³/mol. The van der Waals surface area contributed by atoms with Crippen LogP contribution in [0.25, 0.3) is 22.5 Å². The number of aromatic nitrogens is 3. The number of hydrogen-bond acceptors (Lipinski definition) is 5. The van der Waals surface area contributed by atoms with Crippen molar-refractivity contribution in [3.8, 4) is 22.5 Å². The maximum Gasteiger partial charge on any atom is 0.337 e. The lowest BCUT2D eigenvalue weighted by Gasteiger charge is -2.22. The monoisotopic (exact) mass is 429 g/mol. The highest BCUT2D eigenvalue weighted by molar-refractivity contribution is 5.95. The van der Waals surface area contributed by atoms with Crippen molar-refractivity contribution in [2.45, 2.75) is 49.5 Å². The zero-order valence-corrected chi connectivity index (χ0v) is 18.4. The standard InChI is InChI=1S/C25H27N5O2/c1-30(2)19-6-4-15(13-28-19)18-11-17-14(12-27-18)3-5-16-20(23(31)32)22(29-21(16)17)24(7-8-24)25(26)9-10-25/h4,6,11-13,29H,3,5,7-10,26H2,1-2H3,(H,31,32). The van der Waals surface area contributed by atoms with E-state index < -0.39 is 5.97 Å². The third kappa shape index (κ3) is 2.67. The Hall–Kier alpha value is -3.19. The first kappa shape index (κ1) is 19.5. The molecule has 3 heterocycles. The second-order valence-corrected chi connectivity index (χ2v) is 9.80. The van der Waals surface area contributed by atoms with E-state index in [9.17, 15) is 9.90 Å². The summed E-state index contributed by atoms with van der Waals surface area (Å²) in [5.74, 6) is 0.0360. The molecule has 0 unspecified atom stereocenters. The molecule has 164 valence electrons. The van der Waals surface area contributed by atoms with Gasteiger partial charge in [-0.3, -0.25) is 4.98 Å². The number of aromatic amines is 1. The van der Waals surface area contributed by atoms with E-state index in [1.54, 1.807) is 0 Å². The van der Waals surface area contributed by atoms with E-state index in [2.05, 4.69) is 21.0 Å². The second kappa shape index (κ2) is 6.42. The smallest absolute Gasteiger partial charge is 0.337 e. The third-order valence-electron chi connectivity index (χ3n) is 7.69. The fourth-order valence-electron chi connectivity index (χ4n) is 5.48. The zero-order chi connectivity index (χ0) is 22.3. The summed E-state index contributed by atoms with van der Waals surface area (Å²) >= 11 is 0. The highest BCUT2D eigenvalue weighted by atomic mass is 16.4. The Morgan fingerprint density at radius 3 is 2.50 bits per heavy atom. The number of pyridine rings is 2. The molecule has 7 heteroatoms. The number of carboxylic acid groups (broad SMARTS) is 1. The average Bonchev–Trinajstić information content (AvgIpc) is 3.70. The second-order valence-electron chi connectivity index (χ2n) is 9.80. The van der Waals surface area contributed by atoms with Crippen LogP contribution in [0.2, 0.25) is 0 Å². The van der Waals surface area contributed by atoms with Crippen LogP contribution in [0.5, 0.6) is 0 Å². The van der Waals surface area contributed by atoms with E-state index in [0.29, 0.717) is 12.0 Å². The zero-order valence-electron chi connectivity index (χ0n) is 18.4. The van der Waals surface area contributed by atoms with E-state index in [-0.39, 0.29) is 11.0 Å². The van der Waals surface area contributed by atoms with Gasteiger partial charge in [-0.25, -0.2) is 9.78 Å². The van der Waals surface area contributed by atoms with E-state index in [1.165, 1.54) is 0 Å². The summed E-state index contributed by atoms with van der Waals surface area (Å²) in [7, 11) is 3.92. The summed E-state index contributed by atoms with van der Waals surface area (Å²) in [6, 6.07) is 6.07. The van der Waals surface area contributed by atoms with Gasteiger partial charge in [0.25, 0.3) is 0 Å². The highest BCUT2D eigenvalue weighted by Crippen LogP contribution is 2.64. The summed E-state index contributed by atoms with van der Waals surface area (Å²) in [5, 5.41) is 10.2. The van der Waals surface area contributed by atoms with Crippen LogP contribution in [-0.2, 0) is 18.3 Å². The van der Waals surface area contributed by atoms with Crippen molar-refractivity contribution in [2.24, 2.45) is 5.73 Å². The Morgan fingerprint density at radius 1 is 1.12 bits per heavy atom. The number of nitrogens with two attached hydrogens (primary N) is 1. The normalized spacial score (nSPS) is 19.1. The number of nitrogens with one attached hydrogen (secondary N) is 1. The number of carboxylic acids is 1. The van der Waals surface area contributed by atoms with Crippen molar-refractivity contribution in [3.05, 3.63) is 53.0 Å². The lowest BCUT2D eigenvalue weighted by atomic mass is 9.85. The molecule has 0 amide bonds. The SMILES string of the molecule is CN(C)c1ccc(-c2cc3c(cn2)CCc2c-3[nH]c(C3(C4(N)CC4)CC3)c2C(=O)O)cn1. The Balaban J connectivity index is 1.47. The van der Waals surface area contributed by atoms with Gasteiger partial charge in [-0.1, -0.05) is 0 Å². The number of carbonyl (C=O) groups is 1. The van der Waals surface area contributed by atoms with Gasteiger partial charge in [0.2, 0.25) is 0 Å². The van der Waals surface area contributed by atoms with Gasteiger partial charge in [-0.15, -0.1) is 0 Å². The van der Waals surface area contributed by atoms with Gasteiger partial charge in [0.05, 0.1) is 17.0 Å². The first-order valence-corrected chi connectivity index (χ1v) is 11.2. The molecular formula is C25H27N5O2. The molecule has 0 atom stereocenters. The van der Waals surface area contributed by atoms with Crippen molar-refractivity contribution < 1.29 is 9.90 Å². The Bertz CT molecular complexity index is 1250. The molecule has 3 aromatic rings. The minimum absolute atomic E-state index is 0.208. The number of hydrogen-bond donors (Lipinski definition) is 3. The number of H-pyrrole nitrogens is 1. The maximum absolute atomic E-state index is 12.4. The molecule has 0 saturated heterocycles. The van der Waals surface area contributed by atoms with Gasteiger partial charge in [-0.2, -0.15) is 0 Å². The van der Waals surface area contributed by atoms with Crippen LogP contribution in [0.15, 0.2) is 30.6 Å². The number of aromatic carboxylic acids is 1. The van der Waals surface area contributed by atoms with E-state index in [4.69, 9.17) is 5.73 Å². The van der Waals surface area contributed by atoms with Crippen LogP contribution in [0.3, 0.4) is 0 Å². The van der Waals surface area contributed by atoms with Crippen LogP contribution in [-0.4, -0.2) is 45.7 Å². The van der Waals surface area contributed by atoms with Crippen LogP contribution in [0.4, 0.5) is 5.82 Å². The Kier molecular flexibility index (Phi) is 3.91. The topological polar surface area (TPSA) is 108 Å². The van der Waals surface area contributed by atoms with Crippen molar-refractivity contribution in [1.29, 1.82) is 0 Å². The molecule has 0 aliphatic heterocycles. The average molecular weight is 430 g/mol. The lowest BCUT2D eigenvalue weighted by Crippen LogP contribution is -2.38. The molecule has 6 rings (SSSR count). The molecule has 4 N–H and O–H groups in total. The molecule has 0 spiro atoms. The van der Waals surface area contributed by atoms with E-state index in [1.807, 2.05) is 43.5 Å². The maximum atomic E-state index is 12.4. The number of fused-ring (bicyclic) bond motifs is 3. The van der Waals surface area contributed by atoms with Crippen LogP contribution in [0, 0.1) is 0 Å².